The molecule has 0 radical (unpaired) electrons. The van der Waals surface area contributed by atoms with Crippen LogP contribution in [-0.4, -0.2) is 9.85 Å². The summed E-state index contributed by atoms with van der Waals surface area (Å²) in [6.45, 7) is 0. The van der Waals surface area contributed by atoms with Crippen LogP contribution in [0.1, 0.15) is 0 Å². The van der Waals surface area contributed by atoms with E-state index >= 15 is 0 Å². The van der Waals surface area contributed by atoms with Crippen LogP contribution in [0.3, 0.4) is 0 Å². The van der Waals surface area contributed by atoms with E-state index in [9.17, 15) is 20.2 Å². The Balaban J connectivity index is 1.73. The van der Waals surface area contributed by atoms with E-state index in [4.69, 9.17) is 9.47 Å². The largest absolute Gasteiger partial charge is 0.450 e. The second-order valence-corrected chi connectivity index (χ2v) is 6.82. The first-order valence-electron chi connectivity index (χ1n) is 9.94. The van der Waals surface area contributed by atoms with Gasteiger partial charge in [0.25, 0.3) is 0 Å². The van der Waals surface area contributed by atoms with E-state index in [1.54, 1.807) is 36.4 Å². The number of nitrogens with zero attached hydrogens (tertiary/aromatic N) is 4. The van der Waals surface area contributed by atoms with Gasteiger partial charge in [0.1, 0.15) is 11.4 Å². The third-order valence-electron chi connectivity index (χ3n) is 4.53. The van der Waals surface area contributed by atoms with Crippen molar-refractivity contribution in [3.63, 3.8) is 0 Å². The van der Waals surface area contributed by atoms with Crippen LogP contribution < -0.4 is 9.47 Å². The highest BCUT2D eigenvalue weighted by atomic mass is 16.6. The van der Waals surface area contributed by atoms with E-state index in [1.165, 1.54) is 42.5 Å². The zero-order valence-corrected chi connectivity index (χ0v) is 17.5. The Hall–Kier alpha value is -5.12. The van der Waals surface area contributed by atoms with E-state index in [2.05, 4.69) is 10.2 Å². The maximum absolute atomic E-state index is 11.4. The fraction of sp³-hybridized carbons (Fsp3) is 0. The molecule has 0 heterocycles. The normalized spacial score (nSPS) is 10.7. The van der Waals surface area contributed by atoms with Crippen LogP contribution in [-0.2, 0) is 0 Å². The number of benzene rings is 4. The SMILES string of the molecule is O=[N+]([O-])c1ccccc1Oc1ccc(N=Nc2ccccc2)c(Oc2ccccc2[N+](=O)[O-])c1. The molecule has 10 heteroatoms. The monoisotopic (exact) mass is 456 g/mol. The van der Waals surface area contributed by atoms with Gasteiger partial charge in [0, 0.05) is 18.2 Å². The van der Waals surface area contributed by atoms with Crippen LogP contribution >= 0.6 is 0 Å². The van der Waals surface area contributed by atoms with Crippen LogP contribution in [0.2, 0.25) is 0 Å². The van der Waals surface area contributed by atoms with Gasteiger partial charge in [-0.25, -0.2) is 0 Å². The minimum absolute atomic E-state index is 0.00787. The molecule has 0 saturated heterocycles. The number of nitro groups is 2. The Morgan fingerprint density at radius 3 is 1.76 bits per heavy atom. The standard InChI is InChI=1S/C24H16N4O6/c29-27(30)20-10-4-6-12-22(20)33-18-14-15-19(26-25-17-8-2-1-3-9-17)24(16-18)34-23-13-7-5-11-21(23)28(31)32/h1-16H. The van der Waals surface area contributed by atoms with Crippen LogP contribution in [0.4, 0.5) is 22.7 Å². The summed E-state index contributed by atoms with van der Waals surface area (Å²) in [7, 11) is 0. The van der Waals surface area contributed by atoms with Crippen molar-refractivity contribution in [1.29, 1.82) is 0 Å². The lowest BCUT2D eigenvalue weighted by Crippen LogP contribution is -1.95. The van der Waals surface area contributed by atoms with E-state index in [1.807, 2.05) is 18.2 Å². The summed E-state index contributed by atoms with van der Waals surface area (Å²) in [6, 6.07) is 25.3. The molecule has 0 aromatic heterocycles. The summed E-state index contributed by atoms with van der Waals surface area (Å²) in [5.74, 6) is 0.348. The van der Waals surface area contributed by atoms with Gasteiger partial charge in [-0.1, -0.05) is 42.5 Å². The zero-order valence-electron chi connectivity index (χ0n) is 17.5. The second-order valence-electron chi connectivity index (χ2n) is 6.82. The lowest BCUT2D eigenvalue weighted by atomic mass is 10.2. The molecule has 0 aliphatic carbocycles. The molecule has 0 amide bonds. The molecule has 0 N–H and O–H groups in total. The fourth-order valence-corrected chi connectivity index (χ4v) is 2.96. The van der Waals surface area contributed by atoms with E-state index in [-0.39, 0.29) is 40.1 Å². The summed E-state index contributed by atoms with van der Waals surface area (Å²) in [5.41, 5.74) is 0.422. The lowest BCUT2D eigenvalue weighted by molar-refractivity contribution is -0.385. The summed E-state index contributed by atoms with van der Waals surface area (Å²) in [5, 5.41) is 31.1. The van der Waals surface area contributed by atoms with Gasteiger partial charge in [-0.2, -0.15) is 5.11 Å². The van der Waals surface area contributed by atoms with Gasteiger partial charge >= 0.3 is 11.4 Å². The molecule has 168 valence electrons. The molecule has 0 saturated carbocycles. The smallest absolute Gasteiger partial charge is 0.311 e. The summed E-state index contributed by atoms with van der Waals surface area (Å²) < 4.78 is 11.6. The quantitative estimate of drug-likeness (QED) is 0.153. The van der Waals surface area contributed by atoms with Crippen molar-refractivity contribution in [2.75, 3.05) is 0 Å². The van der Waals surface area contributed by atoms with Gasteiger partial charge < -0.3 is 9.47 Å². The van der Waals surface area contributed by atoms with E-state index in [0.717, 1.165) is 0 Å². The molecule has 4 rings (SSSR count). The molecule has 0 unspecified atom stereocenters. The zero-order chi connectivity index (χ0) is 23.9. The Morgan fingerprint density at radius 2 is 1.15 bits per heavy atom. The molecule has 10 nitrogen and oxygen atoms in total. The van der Waals surface area contributed by atoms with Gasteiger partial charge in [0.05, 0.1) is 15.5 Å². The molecule has 0 aliphatic heterocycles. The predicted octanol–water partition coefficient (Wildman–Crippen LogP) is 7.50. The topological polar surface area (TPSA) is 129 Å². The highest BCUT2D eigenvalue weighted by Crippen LogP contribution is 2.41. The molecule has 0 aliphatic rings. The lowest BCUT2D eigenvalue weighted by Gasteiger charge is -2.11. The van der Waals surface area contributed by atoms with Crippen molar-refractivity contribution in [2.45, 2.75) is 0 Å². The Bertz CT molecular complexity index is 1380. The average Bonchev–Trinajstić information content (AvgIpc) is 2.84. The van der Waals surface area contributed by atoms with Gasteiger partial charge in [-0.3, -0.25) is 20.2 Å². The number of para-hydroxylation sites is 4. The van der Waals surface area contributed by atoms with Crippen molar-refractivity contribution in [3.8, 4) is 23.0 Å². The van der Waals surface area contributed by atoms with E-state index in [0.29, 0.717) is 5.69 Å². The molecular formula is C24H16N4O6. The van der Waals surface area contributed by atoms with Crippen molar-refractivity contribution in [2.24, 2.45) is 10.2 Å². The van der Waals surface area contributed by atoms with E-state index < -0.39 is 9.85 Å². The summed E-state index contributed by atoms with van der Waals surface area (Å²) in [4.78, 5) is 21.6. The van der Waals surface area contributed by atoms with Crippen LogP contribution in [0.25, 0.3) is 0 Å². The molecule has 4 aromatic carbocycles. The van der Waals surface area contributed by atoms with Crippen molar-refractivity contribution < 1.29 is 19.3 Å². The number of ether oxygens (including phenoxy) is 2. The van der Waals surface area contributed by atoms with Crippen LogP contribution in [0.15, 0.2) is 107 Å². The first-order chi connectivity index (χ1) is 16.5. The first-order valence-corrected chi connectivity index (χ1v) is 9.94. The third-order valence-corrected chi connectivity index (χ3v) is 4.53. The third kappa shape index (κ3) is 5.19. The minimum atomic E-state index is -0.561. The Kier molecular flexibility index (Phi) is 6.50. The maximum atomic E-state index is 11.4. The molecule has 34 heavy (non-hydrogen) atoms. The maximum Gasteiger partial charge on any atom is 0.311 e. The molecule has 0 atom stereocenters. The van der Waals surface area contributed by atoms with Crippen molar-refractivity contribution in [1.82, 2.24) is 0 Å². The summed E-state index contributed by atoms with van der Waals surface area (Å²) >= 11 is 0. The highest BCUT2D eigenvalue weighted by molar-refractivity contribution is 5.59. The number of hydrogen-bond acceptors (Lipinski definition) is 8. The molecule has 0 bridgehead atoms. The predicted molar refractivity (Wildman–Crippen MR) is 123 cm³/mol. The highest BCUT2D eigenvalue weighted by Gasteiger charge is 2.19. The fourth-order valence-electron chi connectivity index (χ4n) is 2.96. The molecular weight excluding hydrogens is 440 g/mol. The number of rotatable bonds is 8. The van der Waals surface area contributed by atoms with Gasteiger partial charge in [-0.05, 0) is 36.4 Å². The van der Waals surface area contributed by atoms with Crippen LogP contribution in [0.5, 0.6) is 23.0 Å². The minimum Gasteiger partial charge on any atom is -0.450 e. The molecule has 4 aromatic rings. The van der Waals surface area contributed by atoms with Crippen LogP contribution in [0, 0.1) is 20.2 Å². The molecule has 0 fully saturated rings. The number of azo groups is 1. The number of hydrogen-bond donors (Lipinski definition) is 0. The first kappa shape index (κ1) is 22.1. The Labute approximate surface area is 193 Å². The van der Waals surface area contributed by atoms with Crippen molar-refractivity contribution >= 4 is 22.7 Å². The molecule has 0 spiro atoms. The average molecular weight is 456 g/mol. The van der Waals surface area contributed by atoms with Gasteiger partial charge in [0.15, 0.2) is 5.75 Å². The van der Waals surface area contributed by atoms with Gasteiger partial charge in [0.2, 0.25) is 11.5 Å². The second kappa shape index (κ2) is 10.0. The van der Waals surface area contributed by atoms with Gasteiger partial charge in [-0.15, -0.1) is 5.11 Å². The van der Waals surface area contributed by atoms with Crippen molar-refractivity contribution in [3.05, 3.63) is 117 Å². The Morgan fingerprint density at radius 1 is 0.588 bits per heavy atom. The summed E-state index contributed by atoms with van der Waals surface area (Å²) in [6.07, 6.45) is 0. The number of nitro benzene ring substituents is 2.